The van der Waals surface area contributed by atoms with E-state index in [0.29, 0.717) is 40.9 Å². The number of nitrogens with one attached hydrogen (secondary N) is 1. The van der Waals surface area contributed by atoms with Gasteiger partial charge in [-0.3, -0.25) is 4.79 Å². The molecule has 1 aliphatic heterocycles. The second kappa shape index (κ2) is 8.84. The number of ether oxygens (including phenoxy) is 2. The van der Waals surface area contributed by atoms with Gasteiger partial charge in [0.15, 0.2) is 0 Å². The Bertz CT molecular complexity index is 1110. The van der Waals surface area contributed by atoms with Crippen molar-refractivity contribution >= 4 is 22.8 Å². The lowest BCUT2D eigenvalue weighted by molar-refractivity contribution is -0.142. The first-order chi connectivity index (χ1) is 14.9. The number of benzene rings is 1. The zero-order chi connectivity index (χ0) is 23.8. The highest BCUT2D eigenvalue weighted by Gasteiger charge is 2.31. The van der Waals surface area contributed by atoms with Crippen LogP contribution < -0.4 is 20.4 Å². The van der Waals surface area contributed by atoms with Crippen molar-refractivity contribution in [2.45, 2.75) is 71.9 Å². The van der Waals surface area contributed by atoms with Gasteiger partial charge in [0.2, 0.25) is 5.91 Å². The summed E-state index contributed by atoms with van der Waals surface area (Å²) in [7, 11) is 1.52. The zero-order valence-electron chi connectivity index (χ0n) is 19.5. The van der Waals surface area contributed by atoms with Crippen LogP contribution in [0.2, 0.25) is 0 Å². The van der Waals surface area contributed by atoms with Crippen molar-refractivity contribution in [3.8, 4) is 11.5 Å². The quantitative estimate of drug-likeness (QED) is 0.628. The number of fused-ring (bicyclic) bond motifs is 3. The summed E-state index contributed by atoms with van der Waals surface area (Å²) < 4.78 is 17.3. The van der Waals surface area contributed by atoms with Crippen LogP contribution in [0.1, 0.15) is 57.2 Å². The van der Waals surface area contributed by atoms with E-state index in [1.54, 1.807) is 13.0 Å². The summed E-state index contributed by atoms with van der Waals surface area (Å²) in [5, 5.41) is 12.5. The third kappa shape index (κ3) is 4.74. The molecule has 2 N–H and O–H groups in total. The lowest BCUT2D eigenvalue weighted by Gasteiger charge is -2.33. The Labute approximate surface area is 186 Å². The van der Waals surface area contributed by atoms with E-state index in [-0.39, 0.29) is 23.5 Å². The largest absolute Gasteiger partial charge is 0.496 e. The molecule has 1 aromatic heterocycles. The molecule has 0 saturated heterocycles. The third-order valence-corrected chi connectivity index (χ3v) is 5.84. The lowest BCUT2D eigenvalue weighted by Crippen LogP contribution is -2.42. The number of hydrogen-bond acceptors (Lipinski definition) is 6. The molecule has 1 aromatic carbocycles. The number of hydrogen-bond donors (Lipinski definition) is 2. The Kier molecular flexibility index (Phi) is 6.53. The summed E-state index contributed by atoms with van der Waals surface area (Å²) in [4.78, 5) is 36.9. The van der Waals surface area contributed by atoms with Crippen molar-refractivity contribution in [3.63, 3.8) is 0 Å². The van der Waals surface area contributed by atoms with E-state index in [2.05, 4.69) is 5.32 Å². The Morgan fingerprint density at radius 3 is 2.59 bits per heavy atom. The molecule has 8 heteroatoms. The van der Waals surface area contributed by atoms with Gasteiger partial charge in [0, 0.05) is 11.6 Å². The number of aliphatic carboxylic acids is 1. The van der Waals surface area contributed by atoms with Crippen LogP contribution in [0, 0.1) is 12.8 Å². The van der Waals surface area contributed by atoms with E-state index in [4.69, 9.17) is 13.9 Å². The van der Waals surface area contributed by atoms with Crippen molar-refractivity contribution in [2.24, 2.45) is 5.92 Å². The normalized spacial score (nSPS) is 15.7. The molecule has 1 amide bonds. The molecule has 2 heterocycles. The first kappa shape index (κ1) is 23.6. The summed E-state index contributed by atoms with van der Waals surface area (Å²) in [6.45, 7) is 9.50. The number of aryl methyl sites for hydroxylation is 2. The molecular weight excluding hydrogens is 414 g/mol. The number of methoxy groups -OCH3 is 1. The molecule has 0 aliphatic carbocycles. The molecule has 2 aromatic rings. The third-order valence-electron chi connectivity index (χ3n) is 5.84. The molecular formula is C24H31NO7. The van der Waals surface area contributed by atoms with Crippen molar-refractivity contribution in [1.82, 2.24) is 5.32 Å². The number of amides is 1. The fourth-order valence-corrected chi connectivity index (χ4v) is 4.15. The Balaban J connectivity index is 2.02. The van der Waals surface area contributed by atoms with Gasteiger partial charge in [-0.25, -0.2) is 9.59 Å². The van der Waals surface area contributed by atoms with Crippen molar-refractivity contribution in [2.75, 3.05) is 7.11 Å². The van der Waals surface area contributed by atoms with E-state index in [1.165, 1.54) is 7.11 Å². The first-order valence-electron chi connectivity index (χ1n) is 10.8. The van der Waals surface area contributed by atoms with Gasteiger partial charge >= 0.3 is 11.6 Å². The predicted octanol–water partition coefficient (Wildman–Crippen LogP) is 3.37. The van der Waals surface area contributed by atoms with Crippen LogP contribution in [0.5, 0.6) is 11.5 Å². The van der Waals surface area contributed by atoms with E-state index in [1.807, 2.05) is 27.7 Å². The Morgan fingerprint density at radius 2 is 2.00 bits per heavy atom. The van der Waals surface area contributed by atoms with Gasteiger partial charge in [-0.15, -0.1) is 0 Å². The minimum Gasteiger partial charge on any atom is -0.496 e. The van der Waals surface area contributed by atoms with Crippen LogP contribution in [0.15, 0.2) is 15.3 Å². The number of carbonyl (C=O) groups excluding carboxylic acids is 1. The van der Waals surface area contributed by atoms with Gasteiger partial charge in [-0.2, -0.15) is 0 Å². The van der Waals surface area contributed by atoms with Crippen molar-refractivity contribution < 1.29 is 28.6 Å². The summed E-state index contributed by atoms with van der Waals surface area (Å²) in [5.41, 5.74) is 1.01. The molecule has 1 aliphatic rings. The van der Waals surface area contributed by atoms with Crippen LogP contribution >= 0.6 is 0 Å². The van der Waals surface area contributed by atoms with E-state index in [0.717, 1.165) is 12.0 Å². The standard InChI is InChI=1S/C24H31NO7/c1-12(2)9-16(22(27)28)25-19(26)10-15-13(3)20-18(30-6)11-17-14(21(20)31-23(15)29)7-8-24(4,5)32-17/h11-12,16H,7-10H2,1-6H3,(H,25,26)(H,27,28)/t16-/m0/s1. The molecule has 3 rings (SSSR count). The second-order valence-electron chi connectivity index (χ2n) is 9.38. The van der Waals surface area contributed by atoms with E-state index < -0.39 is 23.5 Å². The van der Waals surface area contributed by atoms with Crippen molar-refractivity contribution in [3.05, 3.63) is 33.2 Å². The minimum absolute atomic E-state index is 0.0894. The van der Waals surface area contributed by atoms with E-state index in [9.17, 15) is 19.5 Å². The van der Waals surface area contributed by atoms with Gasteiger partial charge in [0.05, 0.1) is 24.5 Å². The average Bonchev–Trinajstić information content (AvgIpc) is 2.68. The summed E-state index contributed by atoms with van der Waals surface area (Å²) >= 11 is 0. The maximum atomic E-state index is 12.9. The fraction of sp³-hybridized carbons (Fsp3) is 0.542. The highest BCUT2D eigenvalue weighted by molar-refractivity contribution is 5.93. The minimum atomic E-state index is -1.11. The number of rotatable bonds is 7. The van der Waals surface area contributed by atoms with E-state index >= 15 is 0 Å². The molecule has 174 valence electrons. The molecule has 0 saturated carbocycles. The number of carboxylic acids is 1. The maximum absolute atomic E-state index is 12.9. The van der Waals surface area contributed by atoms with Crippen LogP contribution in [0.25, 0.3) is 11.0 Å². The Morgan fingerprint density at radius 1 is 1.31 bits per heavy atom. The fourth-order valence-electron chi connectivity index (χ4n) is 4.15. The number of carboxylic acid groups (broad SMARTS) is 1. The molecule has 0 spiro atoms. The van der Waals surface area contributed by atoms with Crippen LogP contribution in [-0.2, 0) is 22.4 Å². The molecule has 0 fully saturated rings. The molecule has 0 unspecified atom stereocenters. The summed E-state index contributed by atoms with van der Waals surface area (Å²) in [6, 6.07) is 0.774. The second-order valence-corrected chi connectivity index (χ2v) is 9.38. The van der Waals surface area contributed by atoms with Crippen LogP contribution in [-0.4, -0.2) is 35.7 Å². The zero-order valence-corrected chi connectivity index (χ0v) is 19.5. The lowest BCUT2D eigenvalue weighted by atomic mass is 9.91. The topological polar surface area (TPSA) is 115 Å². The van der Waals surface area contributed by atoms with Gasteiger partial charge in [-0.1, -0.05) is 13.8 Å². The van der Waals surface area contributed by atoms with Crippen LogP contribution in [0.3, 0.4) is 0 Å². The smallest absolute Gasteiger partial charge is 0.340 e. The molecule has 32 heavy (non-hydrogen) atoms. The number of carbonyl (C=O) groups is 2. The molecule has 0 radical (unpaired) electrons. The maximum Gasteiger partial charge on any atom is 0.340 e. The predicted molar refractivity (Wildman–Crippen MR) is 120 cm³/mol. The average molecular weight is 446 g/mol. The van der Waals surface area contributed by atoms with Gasteiger partial charge < -0.3 is 24.3 Å². The molecule has 8 nitrogen and oxygen atoms in total. The first-order valence-corrected chi connectivity index (χ1v) is 10.8. The van der Waals surface area contributed by atoms with Gasteiger partial charge in [0.1, 0.15) is 28.7 Å². The van der Waals surface area contributed by atoms with Crippen LogP contribution in [0.4, 0.5) is 0 Å². The Hall–Kier alpha value is -3.03. The highest BCUT2D eigenvalue weighted by atomic mass is 16.5. The van der Waals surface area contributed by atoms with Crippen molar-refractivity contribution in [1.29, 1.82) is 0 Å². The van der Waals surface area contributed by atoms with Gasteiger partial charge in [0.25, 0.3) is 0 Å². The van der Waals surface area contributed by atoms with Gasteiger partial charge in [-0.05, 0) is 51.5 Å². The molecule has 1 atom stereocenters. The SMILES string of the molecule is COc1cc2c(c3oc(=O)c(CC(=O)N[C@@H](CC(C)C)C(=O)O)c(C)c13)CCC(C)(C)O2. The summed E-state index contributed by atoms with van der Waals surface area (Å²) in [6.07, 6.45) is 1.46. The molecule has 0 bridgehead atoms. The summed E-state index contributed by atoms with van der Waals surface area (Å²) in [5.74, 6) is -0.453. The monoisotopic (exact) mass is 445 g/mol. The highest BCUT2D eigenvalue weighted by Crippen LogP contribution is 2.43.